The van der Waals surface area contributed by atoms with E-state index in [-0.39, 0.29) is 5.97 Å². The van der Waals surface area contributed by atoms with Crippen molar-refractivity contribution in [2.45, 2.75) is 46.0 Å². The zero-order valence-electron chi connectivity index (χ0n) is 11.9. The van der Waals surface area contributed by atoms with Gasteiger partial charge in [-0.25, -0.2) is 4.79 Å². The van der Waals surface area contributed by atoms with Crippen LogP contribution in [0.5, 0.6) is 0 Å². The summed E-state index contributed by atoms with van der Waals surface area (Å²) in [5.74, 6) is 2.16. The van der Waals surface area contributed by atoms with Crippen molar-refractivity contribution in [2.24, 2.45) is 17.8 Å². The molecule has 0 aromatic heterocycles. The molecule has 0 amide bonds. The number of esters is 1. The summed E-state index contributed by atoms with van der Waals surface area (Å²) in [5, 5.41) is 0. The molecule has 18 heavy (non-hydrogen) atoms. The van der Waals surface area contributed by atoms with Crippen LogP contribution in [-0.2, 0) is 9.53 Å². The molecule has 104 valence electrons. The lowest BCUT2D eigenvalue weighted by Gasteiger charge is -2.32. The standard InChI is InChI=1S/C15H27NO2/c1-12-5-6-14(13(2)9-12)11-18-15(17)10-16-7-3-4-8-16/h12-14H,3-11H2,1-2H3/p+1/t12-,13+,14+/m0/s1. The van der Waals surface area contributed by atoms with Gasteiger partial charge in [-0.2, -0.15) is 0 Å². The summed E-state index contributed by atoms with van der Waals surface area (Å²) in [7, 11) is 0. The number of nitrogens with one attached hydrogen (secondary N) is 1. The van der Waals surface area contributed by atoms with Crippen LogP contribution >= 0.6 is 0 Å². The lowest BCUT2D eigenvalue weighted by molar-refractivity contribution is -0.879. The number of rotatable bonds is 4. The zero-order valence-corrected chi connectivity index (χ0v) is 11.9. The molecule has 2 aliphatic rings. The first-order chi connectivity index (χ1) is 8.65. The lowest BCUT2D eigenvalue weighted by Crippen LogP contribution is -3.11. The van der Waals surface area contributed by atoms with E-state index in [1.807, 2.05) is 0 Å². The first kappa shape index (κ1) is 13.9. The van der Waals surface area contributed by atoms with Crippen LogP contribution in [-0.4, -0.2) is 32.2 Å². The Balaban J connectivity index is 1.65. The molecule has 0 spiro atoms. The van der Waals surface area contributed by atoms with Crippen molar-refractivity contribution in [3.8, 4) is 0 Å². The molecule has 1 saturated heterocycles. The van der Waals surface area contributed by atoms with Crippen LogP contribution in [0.1, 0.15) is 46.0 Å². The minimum Gasteiger partial charge on any atom is -0.461 e. The molecule has 1 heterocycles. The summed E-state index contributed by atoms with van der Waals surface area (Å²) in [4.78, 5) is 13.2. The second-order valence-electron chi connectivity index (χ2n) is 6.47. The van der Waals surface area contributed by atoms with E-state index in [0.29, 0.717) is 25.0 Å². The molecule has 0 bridgehead atoms. The zero-order chi connectivity index (χ0) is 13.0. The van der Waals surface area contributed by atoms with E-state index in [0.717, 1.165) is 19.0 Å². The lowest BCUT2D eigenvalue weighted by atomic mass is 9.76. The van der Waals surface area contributed by atoms with Crippen molar-refractivity contribution >= 4 is 5.97 Å². The van der Waals surface area contributed by atoms with E-state index in [4.69, 9.17) is 4.74 Å². The maximum Gasteiger partial charge on any atom is 0.361 e. The van der Waals surface area contributed by atoms with Gasteiger partial charge in [0, 0.05) is 12.8 Å². The van der Waals surface area contributed by atoms with Gasteiger partial charge in [-0.15, -0.1) is 0 Å². The molecular formula is C15H28NO2+. The van der Waals surface area contributed by atoms with Gasteiger partial charge in [0.2, 0.25) is 0 Å². The number of quaternary nitrogens is 1. The molecule has 1 aliphatic carbocycles. The topological polar surface area (TPSA) is 30.7 Å². The SMILES string of the molecule is C[C@H]1CC[C@H](COC(=O)C[NH+]2CCCC2)[C@H](C)C1. The molecule has 3 nitrogen and oxygen atoms in total. The fourth-order valence-corrected chi connectivity index (χ4v) is 3.48. The first-order valence-electron chi connectivity index (χ1n) is 7.64. The predicted octanol–water partition coefficient (Wildman–Crippen LogP) is 1.28. The molecule has 1 saturated carbocycles. The van der Waals surface area contributed by atoms with Gasteiger partial charge in [0.25, 0.3) is 0 Å². The first-order valence-corrected chi connectivity index (χ1v) is 7.64. The van der Waals surface area contributed by atoms with Gasteiger partial charge in [0.15, 0.2) is 6.54 Å². The van der Waals surface area contributed by atoms with E-state index >= 15 is 0 Å². The fraction of sp³-hybridized carbons (Fsp3) is 0.933. The molecule has 0 radical (unpaired) electrons. The summed E-state index contributed by atoms with van der Waals surface area (Å²) in [6.07, 6.45) is 6.34. The summed E-state index contributed by atoms with van der Waals surface area (Å²) in [5.41, 5.74) is 0. The highest BCUT2D eigenvalue weighted by molar-refractivity contribution is 5.70. The van der Waals surface area contributed by atoms with E-state index in [2.05, 4.69) is 13.8 Å². The quantitative estimate of drug-likeness (QED) is 0.766. The fourth-order valence-electron chi connectivity index (χ4n) is 3.48. The third-order valence-corrected chi connectivity index (χ3v) is 4.77. The van der Waals surface area contributed by atoms with Crippen LogP contribution in [0.3, 0.4) is 0 Å². The van der Waals surface area contributed by atoms with Gasteiger partial charge in [-0.3, -0.25) is 0 Å². The molecule has 0 aromatic rings. The summed E-state index contributed by atoms with van der Waals surface area (Å²) >= 11 is 0. The van der Waals surface area contributed by atoms with Gasteiger partial charge in [0.1, 0.15) is 0 Å². The van der Waals surface area contributed by atoms with E-state index in [9.17, 15) is 4.79 Å². The minimum absolute atomic E-state index is 0.0118. The smallest absolute Gasteiger partial charge is 0.361 e. The number of carbonyl (C=O) groups is 1. The van der Waals surface area contributed by atoms with Gasteiger partial charge >= 0.3 is 5.97 Å². The molecule has 1 aliphatic heterocycles. The third kappa shape index (κ3) is 3.98. The minimum atomic E-state index is 0.0118. The highest BCUT2D eigenvalue weighted by atomic mass is 16.5. The monoisotopic (exact) mass is 254 g/mol. The number of ether oxygens (including phenoxy) is 1. The molecule has 2 fully saturated rings. The largest absolute Gasteiger partial charge is 0.461 e. The van der Waals surface area contributed by atoms with E-state index in [1.165, 1.54) is 37.0 Å². The maximum absolute atomic E-state index is 11.8. The van der Waals surface area contributed by atoms with Gasteiger partial charge in [-0.1, -0.05) is 20.3 Å². The molecule has 3 heteroatoms. The van der Waals surface area contributed by atoms with Gasteiger partial charge in [-0.05, 0) is 30.6 Å². The molecule has 3 atom stereocenters. The van der Waals surface area contributed by atoms with Crippen molar-refractivity contribution in [1.29, 1.82) is 0 Å². The number of carbonyl (C=O) groups excluding carboxylic acids is 1. The second-order valence-corrected chi connectivity index (χ2v) is 6.47. The average molecular weight is 254 g/mol. The Hall–Kier alpha value is -0.570. The van der Waals surface area contributed by atoms with Crippen LogP contribution in [0.4, 0.5) is 0 Å². The second kappa shape index (κ2) is 6.55. The van der Waals surface area contributed by atoms with Crippen molar-refractivity contribution in [3.63, 3.8) is 0 Å². The highest BCUT2D eigenvalue weighted by Crippen LogP contribution is 2.33. The number of hydrogen-bond donors (Lipinski definition) is 1. The Morgan fingerprint density at radius 3 is 2.61 bits per heavy atom. The molecule has 1 N–H and O–H groups in total. The highest BCUT2D eigenvalue weighted by Gasteiger charge is 2.27. The van der Waals surface area contributed by atoms with Crippen molar-refractivity contribution in [1.82, 2.24) is 0 Å². The maximum atomic E-state index is 11.8. The molecule has 0 unspecified atom stereocenters. The van der Waals surface area contributed by atoms with Crippen LogP contribution in [0, 0.1) is 17.8 Å². The molecular weight excluding hydrogens is 226 g/mol. The Morgan fingerprint density at radius 1 is 1.22 bits per heavy atom. The Morgan fingerprint density at radius 2 is 1.94 bits per heavy atom. The van der Waals surface area contributed by atoms with Crippen molar-refractivity contribution < 1.29 is 14.4 Å². The van der Waals surface area contributed by atoms with E-state index < -0.39 is 0 Å². The van der Waals surface area contributed by atoms with Crippen LogP contribution in [0.2, 0.25) is 0 Å². The predicted molar refractivity (Wildman–Crippen MR) is 71.4 cm³/mol. The van der Waals surface area contributed by atoms with Crippen molar-refractivity contribution in [2.75, 3.05) is 26.2 Å². The summed E-state index contributed by atoms with van der Waals surface area (Å²) < 4.78 is 5.49. The van der Waals surface area contributed by atoms with Crippen LogP contribution in [0.15, 0.2) is 0 Å². The number of likely N-dealkylation sites (tertiary alicyclic amines) is 1. The summed E-state index contributed by atoms with van der Waals surface area (Å²) in [6.45, 7) is 8.16. The normalized spacial score (nSPS) is 33.6. The van der Waals surface area contributed by atoms with E-state index in [1.54, 1.807) is 0 Å². The van der Waals surface area contributed by atoms with Gasteiger partial charge < -0.3 is 9.64 Å². The molecule has 0 aromatic carbocycles. The number of hydrogen-bond acceptors (Lipinski definition) is 2. The van der Waals surface area contributed by atoms with Crippen molar-refractivity contribution in [3.05, 3.63) is 0 Å². The van der Waals surface area contributed by atoms with Crippen LogP contribution < -0.4 is 4.90 Å². The van der Waals surface area contributed by atoms with Gasteiger partial charge in [0.05, 0.1) is 19.7 Å². The third-order valence-electron chi connectivity index (χ3n) is 4.77. The summed E-state index contributed by atoms with van der Waals surface area (Å²) in [6, 6.07) is 0. The Labute approximate surface area is 111 Å². The Kier molecular flexibility index (Phi) is 5.04. The van der Waals surface area contributed by atoms with Crippen LogP contribution in [0.25, 0.3) is 0 Å². The Bertz CT molecular complexity index is 274. The average Bonchev–Trinajstić information content (AvgIpc) is 2.80. The molecule has 2 rings (SSSR count).